The van der Waals surface area contributed by atoms with Crippen molar-refractivity contribution >= 4 is 27.9 Å². The summed E-state index contributed by atoms with van der Waals surface area (Å²) in [5.41, 5.74) is -0.104. The highest BCUT2D eigenvalue weighted by molar-refractivity contribution is 8.02. The molecule has 112 valence electrons. The Bertz CT molecular complexity index is 526. The Kier molecular flexibility index (Phi) is 3.69. The third kappa shape index (κ3) is 3.27. The second-order valence-electron chi connectivity index (χ2n) is 5.25. The first-order valence-corrected chi connectivity index (χ1v) is 9.21. The van der Waals surface area contributed by atoms with Gasteiger partial charge < -0.3 is 5.32 Å². The molecule has 0 aromatic rings. The van der Waals surface area contributed by atoms with Gasteiger partial charge in [0, 0.05) is 25.3 Å². The molecule has 1 aliphatic carbocycles. The van der Waals surface area contributed by atoms with Gasteiger partial charge in [-0.05, 0) is 18.2 Å². The maximum Gasteiger partial charge on any atom is 0.323 e. The molecule has 7 nitrogen and oxygen atoms in total. The standard InChI is InChI=1S/C11H17N3O4S2/c1-20(16,17)18-9-6-13(7-9)11-14(4-5-19-11)10(15)12-8-2-3-8/h4-5,8-9,11H,2-3,6-7H2,1H3,(H,12,15). The molecule has 20 heavy (non-hydrogen) atoms. The van der Waals surface area contributed by atoms with E-state index in [-0.39, 0.29) is 17.6 Å². The Morgan fingerprint density at radius 3 is 2.70 bits per heavy atom. The molecular formula is C11H17N3O4S2. The Labute approximate surface area is 122 Å². The summed E-state index contributed by atoms with van der Waals surface area (Å²) in [6.07, 6.45) is 4.61. The van der Waals surface area contributed by atoms with Gasteiger partial charge in [0.1, 0.15) is 11.6 Å². The zero-order valence-corrected chi connectivity index (χ0v) is 12.7. The van der Waals surface area contributed by atoms with Crippen LogP contribution in [0.15, 0.2) is 11.6 Å². The number of rotatable bonds is 4. The van der Waals surface area contributed by atoms with Crippen molar-refractivity contribution < 1.29 is 17.4 Å². The van der Waals surface area contributed by atoms with E-state index < -0.39 is 10.1 Å². The van der Waals surface area contributed by atoms with E-state index in [0.717, 1.165) is 19.1 Å². The van der Waals surface area contributed by atoms with Crippen LogP contribution in [-0.4, -0.2) is 61.2 Å². The molecule has 2 fully saturated rings. The van der Waals surface area contributed by atoms with Crippen LogP contribution in [0.1, 0.15) is 12.8 Å². The fourth-order valence-corrected chi connectivity index (χ4v) is 3.77. The topological polar surface area (TPSA) is 79.0 Å². The number of nitrogens with zero attached hydrogens (tertiary/aromatic N) is 2. The first kappa shape index (κ1) is 14.2. The van der Waals surface area contributed by atoms with E-state index in [1.54, 1.807) is 11.1 Å². The number of hydrogen-bond donors (Lipinski definition) is 1. The van der Waals surface area contributed by atoms with E-state index in [2.05, 4.69) is 5.32 Å². The lowest BCUT2D eigenvalue weighted by molar-refractivity contribution is -0.00618. The number of thioether (sulfide) groups is 1. The predicted molar refractivity (Wildman–Crippen MR) is 75.2 cm³/mol. The molecule has 1 saturated carbocycles. The van der Waals surface area contributed by atoms with E-state index in [1.165, 1.54) is 11.8 Å². The van der Waals surface area contributed by atoms with Crippen molar-refractivity contribution in [3.8, 4) is 0 Å². The second kappa shape index (κ2) is 5.21. The van der Waals surface area contributed by atoms with Crippen LogP contribution >= 0.6 is 11.8 Å². The highest BCUT2D eigenvalue weighted by Crippen LogP contribution is 2.32. The Morgan fingerprint density at radius 1 is 1.40 bits per heavy atom. The van der Waals surface area contributed by atoms with Crippen LogP contribution in [0, 0.1) is 0 Å². The van der Waals surface area contributed by atoms with Crippen molar-refractivity contribution in [3.05, 3.63) is 11.6 Å². The SMILES string of the molecule is CS(=O)(=O)OC1CN(C2SC=CN2C(=O)NC2CC2)C1. The molecule has 0 spiro atoms. The summed E-state index contributed by atoms with van der Waals surface area (Å²) in [6, 6.07) is 0.228. The van der Waals surface area contributed by atoms with Gasteiger partial charge in [0.2, 0.25) is 0 Å². The number of nitrogens with one attached hydrogen (secondary N) is 1. The van der Waals surface area contributed by atoms with Crippen molar-refractivity contribution in [2.75, 3.05) is 19.3 Å². The van der Waals surface area contributed by atoms with Crippen molar-refractivity contribution in [2.24, 2.45) is 0 Å². The molecule has 1 saturated heterocycles. The lowest BCUT2D eigenvalue weighted by Crippen LogP contribution is -2.60. The predicted octanol–water partition coefficient (Wildman–Crippen LogP) is 0.322. The van der Waals surface area contributed by atoms with Gasteiger partial charge in [-0.25, -0.2) is 4.79 Å². The average Bonchev–Trinajstić information content (AvgIpc) is 2.97. The smallest absolute Gasteiger partial charge is 0.323 e. The fraction of sp³-hybridized carbons (Fsp3) is 0.727. The Morgan fingerprint density at radius 2 is 2.10 bits per heavy atom. The van der Waals surface area contributed by atoms with Gasteiger partial charge in [-0.2, -0.15) is 8.42 Å². The van der Waals surface area contributed by atoms with Gasteiger partial charge in [0.25, 0.3) is 10.1 Å². The zero-order valence-electron chi connectivity index (χ0n) is 11.1. The first-order valence-electron chi connectivity index (χ1n) is 6.46. The van der Waals surface area contributed by atoms with Crippen LogP contribution in [0.3, 0.4) is 0 Å². The van der Waals surface area contributed by atoms with E-state index in [0.29, 0.717) is 19.1 Å². The average molecular weight is 319 g/mol. The van der Waals surface area contributed by atoms with Crippen molar-refractivity contribution in [1.29, 1.82) is 0 Å². The molecule has 2 amide bonds. The molecule has 3 rings (SSSR count). The Balaban J connectivity index is 1.51. The molecule has 0 aromatic heterocycles. The summed E-state index contributed by atoms with van der Waals surface area (Å²) in [7, 11) is -3.41. The van der Waals surface area contributed by atoms with Gasteiger partial charge in [-0.15, -0.1) is 0 Å². The van der Waals surface area contributed by atoms with Crippen molar-refractivity contribution in [1.82, 2.24) is 15.1 Å². The molecule has 1 atom stereocenters. The van der Waals surface area contributed by atoms with Gasteiger partial charge in [0.15, 0.2) is 0 Å². The fourth-order valence-electron chi connectivity index (χ4n) is 2.18. The van der Waals surface area contributed by atoms with Crippen LogP contribution in [-0.2, 0) is 14.3 Å². The minimum atomic E-state index is -3.41. The number of amides is 2. The summed E-state index contributed by atoms with van der Waals surface area (Å²) in [5, 5.41) is 4.82. The molecule has 2 heterocycles. The summed E-state index contributed by atoms with van der Waals surface area (Å²) in [4.78, 5) is 15.7. The van der Waals surface area contributed by atoms with Crippen LogP contribution in [0.5, 0.6) is 0 Å². The largest absolute Gasteiger partial charge is 0.335 e. The number of likely N-dealkylation sites (tertiary alicyclic amines) is 1. The molecule has 1 N–H and O–H groups in total. The maximum atomic E-state index is 12.1. The third-order valence-corrected chi connectivity index (χ3v) is 4.97. The van der Waals surface area contributed by atoms with E-state index in [4.69, 9.17) is 4.18 Å². The van der Waals surface area contributed by atoms with Crippen LogP contribution in [0.4, 0.5) is 4.79 Å². The number of hydrogen-bond acceptors (Lipinski definition) is 6. The van der Waals surface area contributed by atoms with E-state index in [1.807, 2.05) is 10.3 Å². The quantitative estimate of drug-likeness (QED) is 0.752. The van der Waals surface area contributed by atoms with Gasteiger partial charge in [-0.3, -0.25) is 14.0 Å². The number of carbonyl (C=O) groups excluding carboxylic acids is 1. The molecule has 1 unspecified atom stereocenters. The van der Waals surface area contributed by atoms with Gasteiger partial charge >= 0.3 is 6.03 Å². The van der Waals surface area contributed by atoms with E-state index >= 15 is 0 Å². The molecule has 0 radical (unpaired) electrons. The normalized spacial score (nSPS) is 27.6. The lowest BCUT2D eigenvalue weighted by Gasteiger charge is -2.43. The highest BCUT2D eigenvalue weighted by atomic mass is 32.2. The van der Waals surface area contributed by atoms with Gasteiger partial charge in [0.05, 0.1) is 6.26 Å². The van der Waals surface area contributed by atoms with Crippen molar-refractivity contribution in [3.63, 3.8) is 0 Å². The number of urea groups is 1. The minimum absolute atomic E-state index is 0.0915. The second-order valence-corrected chi connectivity index (χ2v) is 7.82. The van der Waals surface area contributed by atoms with Crippen molar-refractivity contribution in [2.45, 2.75) is 30.5 Å². The van der Waals surface area contributed by atoms with E-state index in [9.17, 15) is 13.2 Å². The summed E-state index contributed by atoms with van der Waals surface area (Å²) >= 11 is 1.54. The molecule has 0 bridgehead atoms. The maximum absolute atomic E-state index is 12.1. The van der Waals surface area contributed by atoms with Crippen LogP contribution < -0.4 is 5.32 Å². The van der Waals surface area contributed by atoms with Gasteiger partial charge in [-0.1, -0.05) is 11.8 Å². The molecule has 2 aliphatic heterocycles. The molecular weight excluding hydrogens is 302 g/mol. The lowest BCUT2D eigenvalue weighted by atomic mass is 10.2. The molecule has 0 aromatic carbocycles. The molecule has 9 heteroatoms. The highest BCUT2D eigenvalue weighted by Gasteiger charge is 2.41. The third-order valence-electron chi connectivity index (χ3n) is 3.30. The van der Waals surface area contributed by atoms with Crippen LogP contribution in [0.25, 0.3) is 0 Å². The summed E-state index contributed by atoms with van der Waals surface area (Å²) in [5.74, 6) is 0. The zero-order chi connectivity index (χ0) is 14.3. The summed E-state index contributed by atoms with van der Waals surface area (Å²) in [6.45, 7) is 1.03. The van der Waals surface area contributed by atoms with Crippen LogP contribution in [0.2, 0.25) is 0 Å². The summed E-state index contributed by atoms with van der Waals surface area (Å²) < 4.78 is 27.0. The minimum Gasteiger partial charge on any atom is -0.335 e. The number of carbonyl (C=O) groups is 1. The molecule has 3 aliphatic rings. The first-order chi connectivity index (χ1) is 9.42. The monoisotopic (exact) mass is 319 g/mol. The Hall–Kier alpha value is -0.770.